The van der Waals surface area contributed by atoms with Crippen LogP contribution in [0.25, 0.3) is 11.5 Å². The average molecular weight is 277 g/mol. The summed E-state index contributed by atoms with van der Waals surface area (Å²) in [5.41, 5.74) is 0.749. The molecule has 0 aliphatic carbocycles. The number of hydrogen-bond acceptors (Lipinski definition) is 4. The van der Waals surface area contributed by atoms with Gasteiger partial charge in [0, 0.05) is 11.6 Å². The van der Waals surface area contributed by atoms with Crippen molar-refractivity contribution in [3.05, 3.63) is 36.0 Å². The van der Waals surface area contributed by atoms with E-state index in [-0.39, 0.29) is 11.2 Å². The lowest BCUT2D eigenvalue weighted by molar-refractivity contribution is 0.277. The number of nitrogens with zero attached hydrogens (tertiary/aromatic N) is 2. The summed E-state index contributed by atoms with van der Waals surface area (Å²) in [6.07, 6.45) is 0. The molecule has 1 heterocycles. The highest BCUT2D eigenvalue weighted by molar-refractivity contribution is 5.52. The van der Waals surface area contributed by atoms with Crippen LogP contribution >= 0.6 is 0 Å². The SMILES string of the molecule is C[C@H](NCc1nnc(-c2cccc(F)c2)o1)C(C)(C)C. The Bertz CT molecular complexity index is 574. The monoisotopic (exact) mass is 277 g/mol. The Morgan fingerprint density at radius 1 is 1.30 bits per heavy atom. The van der Waals surface area contributed by atoms with E-state index in [1.165, 1.54) is 12.1 Å². The Morgan fingerprint density at radius 3 is 2.70 bits per heavy atom. The van der Waals surface area contributed by atoms with Crippen LogP contribution in [0, 0.1) is 11.2 Å². The van der Waals surface area contributed by atoms with Crippen molar-refractivity contribution in [1.29, 1.82) is 0 Å². The van der Waals surface area contributed by atoms with E-state index in [4.69, 9.17) is 4.42 Å². The molecule has 0 amide bonds. The Kier molecular flexibility index (Phi) is 4.18. The van der Waals surface area contributed by atoms with Gasteiger partial charge in [0.05, 0.1) is 6.54 Å². The Hall–Kier alpha value is -1.75. The van der Waals surface area contributed by atoms with Gasteiger partial charge in [0.2, 0.25) is 11.8 Å². The molecule has 1 aromatic heterocycles. The van der Waals surface area contributed by atoms with Crippen LogP contribution in [0.5, 0.6) is 0 Å². The van der Waals surface area contributed by atoms with Crippen LogP contribution in [0.1, 0.15) is 33.6 Å². The molecule has 0 spiro atoms. The third kappa shape index (κ3) is 3.63. The van der Waals surface area contributed by atoms with E-state index >= 15 is 0 Å². The molecule has 0 bridgehead atoms. The van der Waals surface area contributed by atoms with Crippen LogP contribution in [-0.4, -0.2) is 16.2 Å². The third-order valence-electron chi connectivity index (χ3n) is 3.40. The summed E-state index contributed by atoms with van der Waals surface area (Å²) >= 11 is 0. The van der Waals surface area contributed by atoms with Gasteiger partial charge in [-0.2, -0.15) is 0 Å². The standard InChI is InChI=1S/C15H20FN3O/c1-10(15(2,3)4)17-9-13-18-19-14(20-13)11-6-5-7-12(16)8-11/h5-8,10,17H,9H2,1-4H3/t10-/m0/s1. The largest absolute Gasteiger partial charge is 0.419 e. The summed E-state index contributed by atoms with van der Waals surface area (Å²) in [7, 11) is 0. The van der Waals surface area contributed by atoms with E-state index in [1.807, 2.05) is 0 Å². The predicted octanol–water partition coefficient (Wildman–Crippen LogP) is 3.40. The first-order valence-corrected chi connectivity index (χ1v) is 6.68. The molecule has 1 N–H and O–H groups in total. The molecule has 4 nitrogen and oxygen atoms in total. The van der Waals surface area contributed by atoms with Gasteiger partial charge in [-0.25, -0.2) is 4.39 Å². The molecule has 20 heavy (non-hydrogen) atoms. The number of nitrogens with one attached hydrogen (secondary N) is 1. The Labute approximate surface area is 118 Å². The van der Waals surface area contributed by atoms with Crippen LogP contribution < -0.4 is 5.32 Å². The van der Waals surface area contributed by atoms with E-state index in [2.05, 4.69) is 43.2 Å². The molecule has 108 valence electrons. The van der Waals surface area contributed by atoms with E-state index in [1.54, 1.807) is 12.1 Å². The van der Waals surface area contributed by atoms with Crippen LogP contribution in [0.4, 0.5) is 4.39 Å². The van der Waals surface area contributed by atoms with Crippen molar-refractivity contribution in [2.45, 2.75) is 40.3 Å². The van der Waals surface area contributed by atoms with Crippen molar-refractivity contribution < 1.29 is 8.81 Å². The number of aromatic nitrogens is 2. The highest BCUT2D eigenvalue weighted by Crippen LogP contribution is 2.20. The van der Waals surface area contributed by atoms with Gasteiger partial charge in [-0.1, -0.05) is 26.8 Å². The summed E-state index contributed by atoms with van der Waals surface area (Å²) in [4.78, 5) is 0. The van der Waals surface area contributed by atoms with E-state index in [0.29, 0.717) is 29.9 Å². The summed E-state index contributed by atoms with van der Waals surface area (Å²) in [6.45, 7) is 9.11. The molecular formula is C15H20FN3O. The maximum Gasteiger partial charge on any atom is 0.247 e. The molecule has 0 unspecified atom stereocenters. The van der Waals surface area contributed by atoms with E-state index < -0.39 is 0 Å². The lowest BCUT2D eigenvalue weighted by Crippen LogP contribution is -2.37. The zero-order valence-electron chi connectivity index (χ0n) is 12.3. The Balaban J connectivity index is 2.03. The molecule has 0 saturated carbocycles. The van der Waals surface area contributed by atoms with Gasteiger partial charge >= 0.3 is 0 Å². The lowest BCUT2D eigenvalue weighted by atomic mass is 9.88. The minimum Gasteiger partial charge on any atom is -0.419 e. The van der Waals surface area contributed by atoms with Gasteiger partial charge in [-0.05, 0) is 30.5 Å². The summed E-state index contributed by atoms with van der Waals surface area (Å²) in [5.74, 6) is 0.520. The number of hydrogen-bond donors (Lipinski definition) is 1. The maximum absolute atomic E-state index is 13.1. The molecule has 2 aromatic rings. The van der Waals surface area contributed by atoms with Crippen molar-refractivity contribution in [1.82, 2.24) is 15.5 Å². The predicted molar refractivity (Wildman–Crippen MR) is 75.4 cm³/mol. The van der Waals surface area contributed by atoms with Crippen LogP contribution in [0.2, 0.25) is 0 Å². The highest BCUT2D eigenvalue weighted by atomic mass is 19.1. The van der Waals surface area contributed by atoms with Gasteiger partial charge in [0.1, 0.15) is 5.82 Å². The zero-order valence-corrected chi connectivity index (χ0v) is 12.3. The highest BCUT2D eigenvalue weighted by Gasteiger charge is 2.20. The van der Waals surface area contributed by atoms with Crippen LogP contribution in [0.15, 0.2) is 28.7 Å². The molecule has 1 aromatic carbocycles. The molecule has 0 saturated heterocycles. The number of halogens is 1. The van der Waals surface area contributed by atoms with Gasteiger partial charge in [-0.15, -0.1) is 10.2 Å². The second-order valence-electron chi connectivity index (χ2n) is 5.98. The molecule has 0 fully saturated rings. The van der Waals surface area contributed by atoms with Crippen molar-refractivity contribution in [3.63, 3.8) is 0 Å². The quantitative estimate of drug-likeness (QED) is 0.930. The van der Waals surface area contributed by atoms with E-state index in [0.717, 1.165) is 0 Å². The summed E-state index contributed by atoms with van der Waals surface area (Å²) in [6, 6.07) is 6.43. The second kappa shape index (κ2) is 5.71. The first kappa shape index (κ1) is 14.7. The van der Waals surface area contributed by atoms with E-state index in [9.17, 15) is 4.39 Å². The third-order valence-corrected chi connectivity index (χ3v) is 3.40. The first-order valence-electron chi connectivity index (χ1n) is 6.68. The summed E-state index contributed by atoms with van der Waals surface area (Å²) < 4.78 is 18.7. The van der Waals surface area contributed by atoms with Crippen molar-refractivity contribution in [3.8, 4) is 11.5 Å². The fourth-order valence-corrected chi connectivity index (χ4v) is 1.61. The molecule has 0 aliphatic heterocycles. The second-order valence-corrected chi connectivity index (χ2v) is 5.98. The van der Waals surface area contributed by atoms with Crippen LogP contribution in [-0.2, 0) is 6.54 Å². The fraction of sp³-hybridized carbons (Fsp3) is 0.467. The summed E-state index contributed by atoms with van der Waals surface area (Å²) in [5, 5.41) is 11.3. The van der Waals surface area contributed by atoms with Gasteiger partial charge in [-0.3, -0.25) is 0 Å². The fourth-order valence-electron chi connectivity index (χ4n) is 1.61. The Morgan fingerprint density at radius 2 is 2.05 bits per heavy atom. The smallest absolute Gasteiger partial charge is 0.247 e. The molecule has 5 heteroatoms. The van der Waals surface area contributed by atoms with Gasteiger partial charge in [0.25, 0.3) is 0 Å². The molecule has 2 rings (SSSR count). The molecular weight excluding hydrogens is 257 g/mol. The number of rotatable bonds is 4. The molecule has 0 radical (unpaired) electrons. The van der Waals surface area contributed by atoms with Crippen molar-refractivity contribution in [2.24, 2.45) is 5.41 Å². The van der Waals surface area contributed by atoms with Crippen molar-refractivity contribution in [2.75, 3.05) is 0 Å². The van der Waals surface area contributed by atoms with Crippen LogP contribution in [0.3, 0.4) is 0 Å². The minimum atomic E-state index is -0.318. The molecule has 1 atom stereocenters. The normalized spacial score (nSPS) is 13.4. The average Bonchev–Trinajstić information content (AvgIpc) is 2.83. The van der Waals surface area contributed by atoms with Crippen molar-refractivity contribution >= 4 is 0 Å². The minimum absolute atomic E-state index is 0.158. The lowest BCUT2D eigenvalue weighted by Gasteiger charge is -2.27. The number of benzene rings is 1. The topological polar surface area (TPSA) is 51.0 Å². The first-order chi connectivity index (χ1) is 9.36. The van der Waals surface area contributed by atoms with Gasteiger partial charge in [0.15, 0.2) is 0 Å². The maximum atomic E-state index is 13.1. The molecule has 0 aliphatic rings. The van der Waals surface area contributed by atoms with Gasteiger partial charge < -0.3 is 9.73 Å². The zero-order chi connectivity index (χ0) is 14.8.